The van der Waals surface area contributed by atoms with Crippen molar-refractivity contribution in [2.45, 2.75) is 6.92 Å². The summed E-state index contributed by atoms with van der Waals surface area (Å²) in [4.78, 5) is 20.1. The van der Waals surface area contributed by atoms with E-state index in [0.29, 0.717) is 0 Å². The van der Waals surface area contributed by atoms with Crippen LogP contribution < -0.4 is 16.6 Å². The molecule has 0 aromatic heterocycles. The van der Waals surface area contributed by atoms with Gasteiger partial charge in [-0.1, -0.05) is 0 Å². The first kappa shape index (κ1) is 7.90. The third-order valence-electron chi connectivity index (χ3n) is 0.527. The Morgan fingerprint density at radius 1 is 1.56 bits per heavy atom. The molecule has 0 saturated carbocycles. The topological polar surface area (TPSA) is 84.2 Å². The van der Waals surface area contributed by atoms with Crippen LogP contribution in [0.5, 0.6) is 0 Å². The smallest absolute Gasteiger partial charge is 0.233 e. The summed E-state index contributed by atoms with van der Waals surface area (Å²) >= 11 is 0. The van der Waals surface area contributed by atoms with E-state index in [2.05, 4.69) is 10.9 Å². The monoisotopic (exact) mass is 131 g/mol. The number of nitrogens with one attached hydrogen (secondary N) is 2. The second-order valence-corrected chi connectivity index (χ2v) is 1.50. The van der Waals surface area contributed by atoms with Crippen molar-refractivity contribution < 1.29 is 9.59 Å². The molecule has 0 aliphatic rings. The van der Waals surface area contributed by atoms with Gasteiger partial charge in [-0.15, -0.1) is 0 Å². The van der Waals surface area contributed by atoms with Crippen molar-refractivity contribution >= 4 is 11.8 Å². The van der Waals surface area contributed by atoms with Crippen LogP contribution in [-0.2, 0) is 9.59 Å². The van der Waals surface area contributed by atoms with Crippen molar-refractivity contribution in [2.24, 2.45) is 5.73 Å². The molecule has 0 heterocycles. The van der Waals surface area contributed by atoms with Crippen LogP contribution in [0.2, 0.25) is 0 Å². The van der Waals surface area contributed by atoms with Crippen molar-refractivity contribution in [1.82, 2.24) is 10.9 Å². The molecule has 0 rings (SSSR count). The van der Waals surface area contributed by atoms with E-state index in [-0.39, 0.29) is 12.5 Å². The largest absolute Gasteiger partial charge is 0.369 e. The van der Waals surface area contributed by atoms with Gasteiger partial charge in [-0.25, -0.2) is 5.43 Å². The number of carbonyl (C=O) groups is 2. The van der Waals surface area contributed by atoms with Crippen LogP contribution >= 0.6 is 0 Å². The molecular formula is C4H9N3O2. The van der Waals surface area contributed by atoms with Crippen molar-refractivity contribution in [3.63, 3.8) is 0 Å². The lowest BCUT2D eigenvalue weighted by molar-refractivity contribution is -0.120. The van der Waals surface area contributed by atoms with Crippen LogP contribution in [0.3, 0.4) is 0 Å². The van der Waals surface area contributed by atoms with Crippen LogP contribution in [-0.4, -0.2) is 18.4 Å². The first-order chi connectivity index (χ1) is 4.13. The van der Waals surface area contributed by atoms with Crippen LogP contribution in [0.4, 0.5) is 0 Å². The third kappa shape index (κ3) is 6.90. The zero-order valence-corrected chi connectivity index (χ0v) is 5.10. The maximum atomic E-state index is 10.1. The lowest BCUT2D eigenvalue weighted by Gasteiger charge is -1.99. The highest BCUT2D eigenvalue weighted by molar-refractivity contribution is 5.77. The molecule has 0 fully saturated rings. The predicted octanol–water partition coefficient (Wildman–Crippen LogP) is -1.89. The Kier molecular flexibility index (Phi) is 3.38. The minimum Gasteiger partial charge on any atom is -0.369 e. The number of rotatable bonds is 3. The Bertz CT molecular complexity index is 109. The van der Waals surface area contributed by atoms with E-state index in [0.717, 1.165) is 0 Å². The Labute approximate surface area is 52.6 Å². The second-order valence-electron chi connectivity index (χ2n) is 1.50. The highest BCUT2D eigenvalue weighted by Crippen LogP contribution is 1.53. The average molecular weight is 131 g/mol. The summed E-state index contributed by atoms with van der Waals surface area (Å²) in [5, 5.41) is 0. The van der Waals surface area contributed by atoms with Gasteiger partial charge in [0.05, 0.1) is 6.54 Å². The summed E-state index contributed by atoms with van der Waals surface area (Å²) in [6.07, 6.45) is 0. The summed E-state index contributed by atoms with van der Waals surface area (Å²) in [5.74, 6) is -0.764. The van der Waals surface area contributed by atoms with Gasteiger partial charge in [-0.3, -0.25) is 15.0 Å². The first-order valence-electron chi connectivity index (χ1n) is 2.40. The van der Waals surface area contributed by atoms with Crippen LogP contribution in [0.25, 0.3) is 0 Å². The summed E-state index contributed by atoms with van der Waals surface area (Å²) in [6, 6.07) is 0. The van der Waals surface area contributed by atoms with Gasteiger partial charge in [0.25, 0.3) is 0 Å². The van der Waals surface area contributed by atoms with Gasteiger partial charge in [0, 0.05) is 6.92 Å². The third-order valence-corrected chi connectivity index (χ3v) is 0.527. The molecule has 0 aliphatic heterocycles. The minimum absolute atomic E-state index is 0.0421. The van der Waals surface area contributed by atoms with Gasteiger partial charge < -0.3 is 5.73 Å². The number of primary amides is 1. The Balaban J connectivity index is 3.10. The Hall–Kier alpha value is -1.10. The van der Waals surface area contributed by atoms with E-state index in [4.69, 9.17) is 5.73 Å². The summed E-state index contributed by atoms with van der Waals surface area (Å²) in [6.45, 7) is 1.29. The van der Waals surface area contributed by atoms with Gasteiger partial charge in [0.15, 0.2) is 0 Å². The number of hydrogen-bond donors (Lipinski definition) is 3. The van der Waals surface area contributed by atoms with Crippen LogP contribution in [0, 0.1) is 0 Å². The van der Waals surface area contributed by atoms with Crippen molar-refractivity contribution in [3.8, 4) is 0 Å². The average Bonchev–Trinajstić information content (AvgIpc) is 1.63. The Morgan fingerprint density at radius 2 is 2.11 bits per heavy atom. The molecule has 0 radical (unpaired) electrons. The fourth-order valence-corrected chi connectivity index (χ4v) is 0.256. The molecule has 2 amide bonds. The first-order valence-corrected chi connectivity index (χ1v) is 2.40. The zero-order valence-electron chi connectivity index (χ0n) is 5.10. The van der Waals surface area contributed by atoms with Crippen molar-refractivity contribution in [3.05, 3.63) is 0 Å². The molecule has 5 nitrogen and oxygen atoms in total. The van der Waals surface area contributed by atoms with Crippen molar-refractivity contribution in [1.29, 1.82) is 0 Å². The fraction of sp³-hybridized carbons (Fsp3) is 0.500. The fourth-order valence-electron chi connectivity index (χ4n) is 0.256. The molecule has 0 spiro atoms. The molecule has 52 valence electrons. The maximum absolute atomic E-state index is 10.1. The predicted molar refractivity (Wildman–Crippen MR) is 31.0 cm³/mol. The summed E-state index contributed by atoms with van der Waals surface area (Å²) < 4.78 is 0. The van der Waals surface area contributed by atoms with Gasteiger partial charge >= 0.3 is 0 Å². The normalized spacial score (nSPS) is 8.56. The van der Waals surface area contributed by atoms with E-state index in [9.17, 15) is 9.59 Å². The molecule has 0 aliphatic carbocycles. The van der Waals surface area contributed by atoms with E-state index in [1.54, 1.807) is 0 Å². The minimum atomic E-state index is -0.510. The van der Waals surface area contributed by atoms with Gasteiger partial charge in [-0.05, 0) is 0 Å². The molecular weight excluding hydrogens is 122 g/mol. The molecule has 0 unspecified atom stereocenters. The lowest BCUT2D eigenvalue weighted by Crippen LogP contribution is -2.41. The quantitative estimate of drug-likeness (QED) is 0.391. The zero-order chi connectivity index (χ0) is 7.28. The van der Waals surface area contributed by atoms with Gasteiger partial charge in [-0.2, -0.15) is 0 Å². The number of hydrogen-bond acceptors (Lipinski definition) is 3. The highest BCUT2D eigenvalue weighted by atomic mass is 16.2. The van der Waals surface area contributed by atoms with Gasteiger partial charge in [0.2, 0.25) is 11.8 Å². The number of hydrazine groups is 1. The highest BCUT2D eigenvalue weighted by Gasteiger charge is 1.91. The summed E-state index contributed by atoms with van der Waals surface area (Å²) in [7, 11) is 0. The number of amides is 2. The van der Waals surface area contributed by atoms with Crippen LogP contribution in [0.15, 0.2) is 0 Å². The number of carbonyl (C=O) groups excluding carboxylic acids is 2. The summed E-state index contributed by atoms with van der Waals surface area (Å²) in [5.41, 5.74) is 9.22. The molecule has 9 heavy (non-hydrogen) atoms. The molecule has 0 bridgehead atoms. The lowest BCUT2D eigenvalue weighted by atomic mass is 10.6. The molecule has 0 saturated heterocycles. The number of nitrogens with two attached hydrogens (primary N) is 1. The molecule has 0 aromatic carbocycles. The Morgan fingerprint density at radius 3 is 2.44 bits per heavy atom. The standard InChI is InChI=1S/C4H9N3O2/c1-3(8)7-6-2-4(5)9/h6H,2H2,1H3,(H2,5,9)(H,7,8). The molecule has 0 aromatic rings. The maximum Gasteiger partial charge on any atom is 0.233 e. The molecule has 5 heteroatoms. The van der Waals surface area contributed by atoms with E-state index >= 15 is 0 Å². The molecule has 0 atom stereocenters. The van der Waals surface area contributed by atoms with Crippen molar-refractivity contribution in [2.75, 3.05) is 6.54 Å². The molecule has 4 N–H and O–H groups in total. The van der Waals surface area contributed by atoms with Gasteiger partial charge in [0.1, 0.15) is 0 Å². The van der Waals surface area contributed by atoms with E-state index in [1.807, 2.05) is 0 Å². The van der Waals surface area contributed by atoms with E-state index < -0.39 is 5.91 Å². The SMILES string of the molecule is CC(=O)NNCC(N)=O. The van der Waals surface area contributed by atoms with Crippen LogP contribution in [0.1, 0.15) is 6.92 Å². The second kappa shape index (κ2) is 3.85. The van der Waals surface area contributed by atoms with E-state index in [1.165, 1.54) is 6.92 Å².